The van der Waals surface area contributed by atoms with Crippen molar-refractivity contribution in [2.24, 2.45) is 0 Å². The standard InChI is InChI=1S/C22H19F3N6O3S/c1-12(2)31-19-14(11-28-21(26)29-19)9-15(20(31)32)13-7-8-18(27-10-13)30-35(33,34)17-6-4-3-5-16(17)22(23,24)25/h3-12H,1-2H3,(H,27,30)(H2,26,28,29). The van der Waals surface area contributed by atoms with Crippen LogP contribution in [-0.4, -0.2) is 27.9 Å². The number of nitrogens with one attached hydrogen (secondary N) is 1. The van der Waals surface area contributed by atoms with Crippen molar-refractivity contribution < 1.29 is 21.6 Å². The number of hydrogen-bond acceptors (Lipinski definition) is 7. The van der Waals surface area contributed by atoms with Crippen LogP contribution >= 0.6 is 0 Å². The molecule has 0 amide bonds. The van der Waals surface area contributed by atoms with E-state index >= 15 is 0 Å². The minimum absolute atomic E-state index is 0.0180. The molecule has 0 bridgehead atoms. The maximum absolute atomic E-state index is 13.3. The Balaban J connectivity index is 1.72. The van der Waals surface area contributed by atoms with Gasteiger partial charge in [0.25, 0.3) is 15.6 Å². The highest BCUT2D eigenvalue weighted by molar-refractivity contribution is 7.92. The molecule has 0 saturated heterocycles. The van der Waals surface area contributed by atoms with Gasteiger partial charge in [-0.2, -0.15) is 18.2 Å². The molecule has 0 radical (unpaired) electrons. The lowest BCUT2D eigenvalue weighted by Gasteiger charge is -2.16. The molecule has 0 aliphatic heterocycles. The fraction of sp³-hybridized carbons (Fsp3) is 0.182. The zero-order valence-electron chi connectivity index (χ0n) is 18.4. The Bertz CT molecular complexity index is 1580. The number of halogens is 3. The van der Waals surface area contributed by atoms with Crippen molar-refractivity contribution in [1.82, 2.24) is 19.5 Å². The molecule has 0 aliphatic rings. The van der Waals surface area contributed by atoms with Crippen molar-refractivity contribution in [3.05, 3.63) is 70.8 Å². The second-order valence-corrected chi connectivity index (χ2v) is 9.52. The number of sulfonamides is 1. The van der Waals surface area contributed by atoms with E-state index in [0.29, 0.717) is 22.7 Å². The van der Waals surface area contributed by atoms with Gasteiger partial charge in [-0.1, -0.05) is 12.1 Å². The summed E-state index contributed by atoms with van der Waals surface area (Å²) in [6.07, 6.45) is -2.13. The van der Waals surface area contributed by atoms with E-state index in [2.05, 4.69) is 15.0 Å². The van der Waals surface area contributed by atoms with Crippen LogP contribution in [0.2, 0.25) is 0 Å². The van der Waals surface area contributed by atoms with Crippen molar-refractivity contribution in [2.75, 3.05) is 10.5 Å². The highest BCUT2D eigenvalue weighted by atomic mass is 32.2. The molecule has 0 spiro atoms. The van der Waals surface area contributed by atoms with Crippen LogP contribution in [0, 0.1) is 0 Å². The summed E-state index contributed by atoms with van der Waals surface area (Å²) in [6, 6.07) is 7.83. The molecule has 0 saturated carbocycles. The van der Waals surface area contributed by atoms with Gasteiger partial charge in [0.2, 0.25) is 5.95 Å². The molecule has 9 nitrogen and oxygen atoms in total. The van der Waals surface area contributed by atoms with Crippen LogP contribution < -0.4 is 16.0 Å². The van der Waals surface area contributed by atoms with E-state index in [4.69, 9.17) is 5.73 Å². The smallest absolute Gasteiger partial charge is 0.368 e. The second-order valence-electron chi connectivity index (χ2n) is 7.87. The molecule has 4 aromatic rings. The topological polar surface area (TPSA) is 133 Å². The third kappa shape index (κ3) is 4.67. The molecule has 3 N–H and O–H groups in total. The fourth-order valence-corrected chi connectivity index (χ4v) is 4.80. The third-order valence-electron chi connectivity index (χ3n) is 5.10. The lowest BCUT2D eigenvalue weighted by Crippen LogP contribution is -2.25. The first-order valence-electron chi connectivity index (χ1n) is 10.2. The predicted molar refractivity (Wildman–Crippen MR) is 124 cm³/mol. The molecule has 0 unspecified atom stereocenters. The van der Waals surface area contributed by atoms with Crippen molar-refractivity contribution in [3.63, 3.8) is 0 Å². The molecule has 3 aromatic heterocycles. The van der Waals surface area contributed by atoms with Gasteiger partial charge in [-0.15, -0.1) is 0 Å². The average Bonchev–Trinajstić information content (AvgIpc) is 2.78. The van der Waals surface area contributed by atoms with Gasteiger partial charge in [-0.05, 0) is 44.2 Å². The van der Waals surface area contributed by atoms with Gasteiger partial charge >= 0.3 is 6.18 Å². The summed E-state index contributed by atoms with van der Waals surface area (Å²) >= 11 is 0. The van der Waals surface area contributed by atoms with Crippen molar-refractivity contribution in [1.29, 1.82) is 0 Å². The van der Waals surface area contributed by atoms with E-state index in [1.54, 1.807) is 19.9 Å². The second kappa shape index (κ2) is 8.65. The van der Waals surface area contributed by atoms with Crippen LogP contribution in [0.3, 0.4) is 0 Å². The Hall–Kier alpha value is -4.00. The number of alkyl halides is 3. The Morgan fingerprint density at radius 2 is 1.77 bits per heavy atom. The zero-order valence-corrected chi connectivity index (χ0v) is 19.2. The number of pyridine rings is 2. The van der Waals surface area contributed by atoms with Crippen LogP contribution in [-0.2, 0) is 16.2 Å². The number of anilines is 2. The lowest BCUT2D eigenvalue weighted by molar-refractivity contribution is -0.139. The Labute approximate surface area is 197 Å². The molecule has 0 atom stereocenters. The van der Waals surface area contributed by atoms with E-state index < -0.39 is 26.7 Å². The molecular weight excluding hydrogens is 485 g/mol. The first kappa shape index (κ1) is 24.1. The first-order valence-corrected chi connectivity index (χ1v) is 11.7. The number of rotatable bonds is 5. The van der Waals surface area contributed by atoms with E-state index in [-0.39, 0.29) is 28.9 Å². The summed E-state index contributed by atoms with van der Waals surface area (Å²) in [4.78, 5) is 24.4. The van der Waals surface area contributed by atoms with Gasteiger partial charge in [0.05, 0.1) is 10.5 Å². The number of nitrogen functional groups attached to an aromatic ring is 1. The van der Waals surface area contributed by atoms with Crippen LogP contribution in [0.15, 0.2) is 64.5 Å². The maximum atomic E-state index is 13.3. The van der Waals surface area contributed by atoms with Gasteiger partial charge < -0.3 is 5.73 Å². The largest absolute Gasteiger partial charge is 0.417 e. The van der Waals surface area contributed by atoms with E-state index in [1.807, 2.05) is 4.72 Å². The molecular formula is C22H19F3N6O3S. The maximum Gasteiger partial charge on any atom is 0.417 e. The zero-order chi connectivity index (χ0) is 25.5. The van der Waals surface area contributed by atoms with Gasteiger partial charge in [0.1, 0.15) is 11.5 Å². The van der Waals surface area contributed by atoms with Gasteiger partial charge in [0, 0.05) is 34.9 Å². The normalized spacial score (nSPS) is 12.3. The van der Waals surface area contributed by atoms with Crippen molar-refractivity contribution in [2.45, 2.75) is 31.0 Å². The number of aromatic nitrogens is 4. The highest BCUT2D eigenvalue weighted by Crippen LogP contribution is 2.34. The van der Waals surface area contributed by atoms with Gasteiger partial charge in [-0.25, -0.2) is 18.4 Å². The molecule has 0 fully saturated rings. The number of hydrogen-bond donors (Lipinski definition) is 2. The summed E-state index contributed by atoms with van der Waals surface area (Å²) in [6.45, 7) is 3.61. The summed E-state index contributed by atoms with van der Waals surface area (Å²) in [7, 11) is -4.59. The van der Waals surface area contributed by atoms with Crippen LogP contribution in [0.25, 0.3) is 22.2 Å². The van der Waals surface area contributed by atoms with E-state index in [0.717, 1.165) is 12.1 Å². The SMILES string of the molecule is CC(C)n1c(=O)c(-c2ccc(NS(=O)(=O)c3ccccc3C(F)(F)F)nc2)cc2cnc(N)nc21. The molecule has 35 heavy (non-hydrogen) atoms. The highest BCUT2D eigenvalue weighted by Gasteiger charge is 2.37. The molecule has 4 rings (SSSR count). The molecule has 1 aromatic carbocycles. The molecule has 0 aliphatic carbocycles. The monoisotopic (exact) mass is 504 g/mol. The van der Waals surface area contributed by atoms with E-state index in [1.165, 1.54) is 35.2 Å². The van der Waals surface area contributed by atoms with Gasteiger partial charge in [0.15, 0.2) is 0 Å². The molecule has 3 heterocycles. The summed E-state index contributed by atoms with van der Waals surface area (Å²) in [5.41, 5.74) is 4.98. The van der Waals surface area contributed by atoms with E-state index in [9.17, 15) is 26.4 Å². The average molecular weight is 504 g/mol. The number of benzene rings is 1. The number of fused-ring (bicyclic) bond motifs is 1. The molecule has 13 heteroatoms. The quantitative estimate of drug-likeness (QED) is 0.422. The summed E-state index contributed by atoms with van der Waals surface area (Å²) in [5, 5.41) is 0.552. The first-order chi connectivity index (χ1) is 16.4. The number of nitrogens with two attached hydrogens (primary N) is 1. The fourth-order valence-electron chi connectivity index (χ4n) is 3.56. The van der Waals surface area contributed by atoms with Crippen LogP contribution in [0.1, 0.15) is 25.5 Å². The summed E-state index contributed by atoms with van der Waals surface area (Å²) in [5.74, 6) is -0.198. The van der Waals surface area contributed by atoms with Crippen molar-refractivity contribution >= 4 is 32.8 Å². The Kier molecular flexibility index (Phi) is 5.97. The Morgan fingerprint density at radius 3 is 2.40 bits per heavy atom. The minimum atomic E-state index is -4.86. The minimum Gasteiger partial charge on any atom is -0.368 e. The van der Waals surface area contributed by atoms with Crippen LogP contribution in [0.5, 0.6) is 0 Å². The third-order valence-corrected chi connectivity index (χ3v) is 6.52. The molecule has 182 valence electrons. The predicted octanol–water partition coefficient (Wildman–Crippen LogP) is 3.84. The summed E-state index contributed by atoms with van der Waals surface area (Å²) < 4.78 is 68.6. The van der Waals surface area contributed by atoms with Crippen molar-refractivity contribution in [3.8, 4) is 11.1 Å². The lowest BCUT2D eigenvalue weighted by atomic mass is 10.1. The Morgan fingerprint density at radius 1 is 1.06 bits per heavy atom. The number of nitrogens with zero attached hydrogens (tertiary/aromatic N) is 4. The van der Waals surface area contributed by atoms with Crippen LogP contribution in [0.4, 0.5) is 24.9 Å². The van der Waals surface area contributed by atoms with Gasteiger partial charge in [-0.3, -0.25) is 14.1 Å².